The number of rotatable bonds is 6. The number of ether oxygens (including phenoxy) is 1. The van der Waals surface area contributed by atoms with Crippen molar-refractivity contribution in [2.75, 3.05) is 6.61 Å². The van der Waals surface area contributed by atoms with E-state index in [0.29, 0.717) is 15.7 Å². The highest BCUT2D eigenvalue weighted by Gasteiger charge is 2.34. The lowest BCUT2D eigenvalue weighted by atomic mass is 10.3. The van der Waals surface area contributed by atoms with Gasteiger partial charge in [0.2, 0.25) is 5.78 Å². The van der Waals surface area contributed by atoms with E-state index in [0.717, 1.165) is 6.04 Å². The lowest BCUT2D eigenvalue weighted by molar-refractivity contribution is 0.0795. The Bertz CT molecular complexity index is 524. The van der Waals surface area contributed by atoms with E-state index in [-0.39, 0.29) is 12.4 Å². The van der Waals surface area contributed by atoms with Gasteiger partial charge in [-0.25, -0.2) is 0 Å². The molecule has 1 heterocycles. The van der Waals surface area contributed by atoms with Crippen LogP contribution in [0.15, 0.2) is 15.1 Å². The summed E-state index contributed by atoms with van der Waals surface area (Å²) in [4.78, 5) is 12.1. The second-order valence-electron chi connectivity index (χ2n) is 5.77. The first-order valence-electron chi connectivity index (χ1n) is 6.17. The lowest BCUT2D eigenvalue weighted by Gasteiger charge is -2.17. The first kappa shape index (κ1) is 20.0. The van der Waals surface area contributed by atoms with Crippen LogP contribution in [0.2, 0.25) is 25.7 Å². The molecule has 0 radical (unpaired) electrons. The maximum Gasteiger partial charge on any atom is 0.255 e. The molecule has 0 fully saturated rings. The standard InChI is InChI=1S/C12H16Br2Cl3NO2Si/c1-21(2,3)5-4-20-7-18-9(6-8(13)11(18)14)10(19)12(15,16)17/h6H,4-5,7H2,1-3H3. The molecule has 3 nitrogen and oxygen atoms in total. The van der Waals surface area contributed by atoms with E-state index < -0.39 is 17.6 Å². The SMILES string of the molecule is C[Si](C)(C)CCOCn1c(C(=O)C(Cl)(Cl)Cl)cc(Br)c1Br. The monoisotopic (exact) mass is 497 g/mol. The smallest absolute Gasteiger partial charge is 0.255 e. The fourth-order valence-electron chi connectivity index (χ4n) is 1.49. The van der Waals surface area contributed by atoms with Gasteiger partial charge in [0.1, 0.15) is 11.3 Å². The Hall–Kier alpha value is 0.957. The normalized spacial score (nSPS) is 12.8. The summed E-state index contributed by atoms with van der Waals surface area (Å²) in [6.07, 6.45) is 0. The molecule has 0 atom stereocenters. The third-order valence-corrected chi connectivity index (χ3v) is 6.91. The van der Waals surface area contributed by atoms with Crippen LogP contribution in [0.4, 0.5) is 0 Å². The van der Waals surface area contributed by atoms with E-state index >= 15 is 0 Å². The van der Waals surface area contributed by atoms with Crippen LogP contribution in [0.1, 0.15) is 10.5 Å². The second kappa shape index (κ2) is 7.68. The van der Waals surface area contributed by atoms with Crippen molar-refractivity contribution in [1.82, 2.24) is 4.57 Å². The zero-order chi connectivity index (χ0) is 16.4. The summed E-state index contributed by atoms with van der Waals surface area (Å²) >= 11 is 23.8. The Morgan fingerprint density at radius 3 is 2.38 bits per heavy atom. The minimum atomic E-state index is -1.99. The van der Waals surface area contributed by atoms with Gasteiger partial charge in [0, 0.05) is 14.7 Å². The first-order valence-corrected chi connectivity index (χ1v) is 12.6. The third kappa shape index (κ3) is 6.16. The molecule has 1 aromatic rings. The molecule has 9 heteroatoms. The fraction of sp³-hybridized carbons (Fsp3) is 0.583. The molecule has 0 N–H and O–H groups in total. The van der Waals surface area contributed by atoms with Gasteiger partial charge >= 0.3 is 0 Å². The van der Waals surface area contributed by atoms with Crippen molar-refractivity contribution in [3.63, 3.8) is 0 Å². The minimum absolute atomic E-state index is 0.221. The number of alkyl halides is 3. The van der Waals surface area contributed by atoms with Gasteiger partial charge in [-0.2, -0.15) is 0 Å². The van der Waals surface area contributed by atoms with Crippen molar-refractivity contribution in [2.45, 2.75) is 36.2 Å². The van der Waals surface area contributed by atoms with Gasteiger partial charge in [-0.1, -0.05) is 54.4 Å². The number of carbonyl (C=O) groups is 1. The van der Waals surface area contributed by atoms with E-state index in [2.05, 4.69) is 51.5 Å². The average Bonchev–Trinajstić information content (AvgIpc) is 2.58. The Balaban J connectivity index is 2.85. The number of halogens is 5. The lowest BCUT2D eigenvalue weighted by Crippen LogP contribution is -2.24. The van der Waals surface area contributed by atoms with Crippen molar-refractivity contribution in [3.05, 3.63) is 20.8 Å². The Labute approximate surface area is 157 Å². The van der Waals surface area contributed by atoms with Gasteiger partial charge in [-0.05, 0) is 44.0 Å². The number of ketones is 1. The number of aromatic nitrogens is 1. The molecule has 21 heavy (non-hydrogen) atoms. The highest BCUT2D eigenvalue weighted by molar-refractivity contribution is 9.13. The quantitative estimate of drug-likeness (QED) is 0.212. The zero-order valence-electron chi connectivity index (χ0n) is 11.9. The van der Waals surface area contributed by atoms with E-state index in [1.807, 2.05) is 0 Å². The summed E-state index contributed by atoms with van der Waals surface area (Å²) in [5.41, 5.74) is 0.279. The number of hydrogen-bond acceptors (Lipinski definition) is 2. The van der Waals surface area contributed by atoms with E-state index in [4.69, 9.17) is 39.5 Å². The molecule has 0 saturated heterocycles. The highest BCUT2D eigenvalue weighted by Crippen LogP contribution is 2.35. The molecule has 0 aromatic carbocycles. The summed E-state index contributed by atoms with van der Waals surface area (Å²) < 4.78 is 6.68. The predicted octanol–water partition coefficient (Wildman–Crippen LogP) is 5.88. The molecule has 0 saturated carbocycles. The number of nitrogens with zero attached hydrogens (tertiary/aromatic N) is 1. The highest BCUT2D eigenvalue weighted by atomic mass is 79.9. The van der Waals surface area contributed by atoms with Crippen LogP contribution in [0.5, 0.6) is 0 Å². The summed E-state index contributed by atoms with van der Waals surface area (Å²) in [6.45, 7) is 7.68. The number of Topliss-reactive ketones (excluding diaryl/α,β-unsaturated/α-hetero) is 1. The fourth-order valence-corrected chi connectivity index (χ4v) is 3.37. The second-order valence-corrected chi connectivity index (χ2v) is 15.3. The average molecular weight is 501 g/mol. The van der Waals surface area contributed by atoms with Crippen LogP contribution in [0, 0.1) is 0 Å². The van der Waals surface area contributed by atoms with E-state index in [1.165, 1.54) is 0 Å². The molecule has 0 aliphatic heterocycles. The van der Waals surface area contributed by atoms with Gasteiger partial charge in [0.25, 0.3) is 3.79 Å². The number of carbonyl (C=O) groups excluding carboxylic acids is 1. The Morgan fingerprint density at radius 2 is 1.90 bits per heavy atom. The van der Waals surface area contributed by atoms with Crippen LogP contribution in [-0.2, 0) is 11.5 Å². The van der Waals surface area contributed by atoms with Crippen molar-refractivity contribution < 1.29 is 9.53 Å². The minimum Gasteiger partial charge on any atom is -0.361 e. The molecule has 0 bridgehead atoms. The van der Waals surface area contributed by atoms with E-state index in [9.17, 15) is 4.79 Å². The van der Waals surface area contributed by atoms with Crippen molar-refractivity contribution in [1.29, 1.82) is 0 Å². The maximum absolute atomic E-state index is 12.1. The van der Waals surface area contributed by atoms with Crippen molar-refractivity contribution >= 4 is 80.5 Å². The van der Waals surface area contributed by atoms with Gasteiger partial charge < -0.3 is 9.30 Å². The molecule has 120 valence electrons. The largest absolute Gasteiger partial charge is 0.361 e. The predicted molar refractivity (Wildman–Crippen MR) is 98.6 cm³/mol. The van der Waals surface area contributed by atoms with Crippen molar-refractivity contribution in [2.24, 2.45) is 0 Å². The van der Waals surface area contributed by atoms with E-state index in [1.54, 1.807) is 10.6 Å². The molecule has 0 aliphatic carbocycles. The molecule has 1 rings (SSSR count). The van der Waals surface area contributed by atoms with Crippen LogP contribution in [0.3, 0.4) is 0 Å². The van der Waals surface area contributed by atoms with Gasteiger partial charge in [0.05, 0.1) is 10.2 Å². The molecule has 0 spiro atoms. The third-order valence-electron chi connectivity index (χ3n) is 2.70. The van der Waals surface area contributed by atoms with Crippen LogP contribution in [-0.4, -0.2) is 28.8 Å². The summed E-state index contributed by atoms with van der Waals surface area (Å²) in [5, 5.41) is 0. The summed E-state index contributed by atoms with van der Waals surface area (Å²) in [6, 6.07) is 2.65. The maximum atomic E-state index is 12.1. The summed E-state index contributed by atoms with van der Waals surface area (Å²) in [7, 11) is -1.15. The van der Waals surface area contributed by atoms with Gasteiger partial charge in [0.15, 0.2) is 0 Å². The Morgan fingerprint density at radius 1 is 1.33 bits per heavy atom. The van der Waals surface area contributed by atoms with Gasteiger partial charge in [-0.15, -0.1) is 0 Å². The molecule has 0 aliphatic rings. The van der Waals surface area contributed by atoms with Gasteiger partial charge in [-0.3, -0.25) is 4.79 Å². The molecule has 0 unspecified atom stereocenters. The van der Waals surface area contributed by atoms with Crippen LogP contribution < -0.4 is 0 Å². The summed E-state index contributed by atoms with van der Waals surface area (Å²) in [5.74, 6) is -0.590. The molecule has 0 amide bonds. The van der Waals surface area contributed by atoms with Crippen LogP contribution in [0.25, 0.3) is 0 Å². The Kier molecular flexibility index (Phi) is 7.32. The zero-order valence-corrected chi connectivity index (χ0v) is 18.3. The molecular formula is C12H16Br2Cl3NO2Si. The molecular weight excluding hydrogens is 484 g/mol. The van der Waals surface area contributed by atoms with Crippen LogP contribution >= 0.6 is 66.7 Å². The number of hydrogen-bond donors (Lipinski definition) is 0. The molecule has 1 aromatic heterocycles. The van der Waals surface area contributed by atoms with Crippen molar-refractivity contribution in [3.8, 4) is 0 Å². The first-order chi connectivity index (χ1) is 9.43. The topological polar surface area (TPSA) is 31.2 Å².